The lowest BCUT2D eigenvalue weighted by Gasteiger charge is -2.36. The fraction of sp³-hybridized carbons (Fsp3) is 0.538. The van der Waals surface area contributed by atoms with E-state index in [-0.39, 0.29) is 5.69 Å². The molecule has 1 saturated heterocycles. The molecule has 1 fully saturated rings. The van der Waals surface area contributed by atoms with Gasteiger partial charge < -0.3 is 10.6 Å². The van der Waals surface area contributed by atoms with Gasteiger partial charge in [-0.15, -0.1) is 0 Å². The van der Waals surface area contributed by atoms with Crippen molar-refractivity contribution in [2.24, 2.45) is 0 Å². The molecule has 100 valence electrons. The molecule has 1 aliphatic rings. The SMILES string of the molecule is CC1CCCCN1c1ccc(C(F)(F)F)cc1N. The number of rotatable bonds is 1. The molecular weight excluding hydrogens is 241 g/mol. The van der Waals surface area contributed by atoms with Crippen molar-refractivity contribution in [3.05, 3.63) is 23.8 Å². The van der Waals surface area contributed by atoms with Crippen LogP contribution < -0.4 is 10.6 Å². The maximum Gasteiger partial charge on any atom is 0.416 e. The standard InChI is InChI=1S/C13H17F3N2/c1-9-4-2-3-7-18(9)12-6-5-10(8-11(12)17)13(14,15)16/h5-6,8-9H,2-4,7,17H2,1H3. The van der Waals surface area contributed by atoms with E-state index in [9.17, 15) is 13.2 Å². The van der Waals surface area contributed by atoms with Gasteiger partial charge in [-0.2, -0.15) is 13.2 Å². The van der Waals surface area contributed by atoms with Gasteiger partial charge in [0.05, 0.1) is 16.9 Å². The van der Waals surface area contributed by atoms with E-state index in [2.05, 4.69) is 11.8 Å². The van der Waals surface area contributed by atoms with E-state index in [0.717, 1.165) is 43.6 Å². The van der Waals surface area contributed by atoms with Crippen LogP contribution in [0.5, 0.6) is 0 Å². The Morgan fingerprint density at radius 1 is 1.28 bits per heavy atom. The first kappa shape index (κ1) is 13.1. The van der Waals surface area contributed by atoms with Gasteiger partial charge in [-0.3, -0.25) is 0 Å². The Labute approximate surface area is 105 Å². The van der Waals surface area contributed by atoms with Gasteiger partial charge in [-0.25, -0.2) is 0 Å². The van der Waals surface area contributed by atoms with Crippen LogP contribution in [0.3, 0.4) is 0 Å². The molecule has 0 spiro atoms. The van der Waals surface area contributed by atoms with Crippen molar-refractivity contribution in [3.63, 3.8) is 0 Å². The molecule has 2 rings (SSSR count). The lowest BCUT2D eigenvalue weighted by atomic mass is 10.0. The van der Waals surface area contributed by atoms with Crippen LogP contribution in [0.1, 0.15) is 31.7 Å². The Morgan fingerprint density at radius 2 is 2.00 bits per heavy atom. The first-order valence-electron chi connectivity index (χ1n) is 6.13. The number of benzene rings is 1. The summed E-state index contributed by atoms with van der Waals surface area (Å²) in [6.07, 6.45) is -1.05. The number of piperidine rings is 1. The Hall–Kier alpha value is -1.39. The fourth-order valence-corrected chi connectivity index (χ4v) is 2.45. The van der Waals surface area contributed by atoms with Gasteiger partial charge in [0.1, 0.15) is 0 Å². The van der Waals surface area contributed by atoms with E-state index < -0.39 is 11.7 Å². The minimum atomic E-state index is -4.33. The summed E-state index contributed by atoms with van der Waals surface area (Å²) in [6.45, 7) is 2.94. The van der Waals surface area contributed by atoms with Gasteiger partial charge in [-0.05, 0) is 44.4 Å². The van der Waals surface area contributed by atoms with Crippen molar-refractivity contribution in [2.75, 3.05) is 17.2 Å². The predicted octanol–water partition coefficient (Wildman–Crippen LogP) is 3.67. The zero-order valence-electron chi connectivity index (χ0n) is 10.3. The Bertz CT molecular complexity index is 429. The molecule has 0 amide bonds. The average Bonchev–Trinajstić information content (AvgIpc) is 2.29. The molecule has 1 aromatic rings. The van der Waals surface area contributed by atoms with E-state index >= 15 is 0 Å². The summed E-state index contributed by atoms with van der Waals surface area (Å²) in [5.41, 5.74) is 6.01. The van der Waals surface area contributed by atoms with E-state index in [4.69, 9.17) is 5.73 Å². The van der Waals surface area contributed by atoms with Crippen molar-refractivity contribution in [2.45, 2.75) is 38.4 Å². The normalized spacial score (nSPS) is 21.1. The van der Waals surface area contributed by atoms with Crippen molar-refractivity contribution in [3.8, 4) is 0 Å². The fourth-order valence-electron chi connectivity index (χ4n) is 2.45. The van der Waals surface area contributed by atoms with Crippen LogP contribution in [0.25, 0.3) is 0 Å². The van der Waals surface area contributed by atoms with Crippen molar-refractivity contribution in [1.29, 1.82) is 0 Å². The number of halogens is 3. The first-order valence-corrected chi connectivity index (χ1v) is 6.13. The molecule has 0 aliphatic carbocycles. The predicted molar refractivity (Wildman–Crippen MR) is 66.5 cm³/mol. The van der Waals surface area contributed by atoms with E-state index in [0.29, 0.717) is 6.04 Å². The van der Waals surface area contributed by atoms with Crippen molar-refractivity contribution >= 4 is 11.4 Å². The number of nitrogen functional groups attached to an aromatic ring is 1. The van der Waals surface area contributed by atoms with Gasteiger partial charge >= 0.3 is 6.18 Å². The molecule has 0 aromatic heterocycles. The molecule has 5 heteroatoms. The van der Waals surface area contributed by atoms with Gasteiger partial charge in [0, 0.05) is 12.6 Å². The van der Waals surface area contributed by atoms with Crippen molar-refractivity contribution < 1.29 is 13.2 Å². The summed E-state index contributed by atoms with van der Waals surface area (Å²) in [4.78, 5) is 2.10. The number of nitrogens with zero attached hydrogens (tertiary/aromatic N) is 1. The summed E-state index contributed by atoms with van der Waals surface area (Å²) in [5, 5.41) is 0. The lowest BCUT2D eigenvalue weighted by molar-refractivity contribution is -0.137. The van der Waals surface area contributed by atoms with E-state index in [1.165, 1.54) is 6.07 Å². The molecule has 0 radical (unpaired) electrons. The Morgan fingerprint density at radius 3 is 2.56 bits per heavy atom. The summed E-state index contributed by atoms with van der Waals surface area (Å²) in [5.74, 6) is 0. The highest BCUT2D eigenvalue weighted by Gasteiger charge is 2.31. The minimum Gasteiger partial charge on any atom is -0.397 e. The zero-order valence-corrected chi connectivity index (χ0v) is 10.3. The molecule has 2 N–H and O–H groups in total. The van der Waals surface area contributed by atoms with Crippen molar-refractivity contribution in [1.82, 2.24) is 0 Å². The summed E-state index contributed by atoms with van der Waals surface area (Å²) in [6, 6.07) is 3.95. The topological polar surface area (TPSA) is 29.3 Å². The third kappa shape index (κ3) is 2.54. The molecule has 1 atom stereocenters. The Balaban J connectivity index is 2.29. The minimum absolute atomic E-state index is 0.207. The third-order valence-electron chi connectivity index (χ3n) is 3.47. The van der Waals surface area contributed by atoms with Crippen LogP contribution in [0, 0.1) is 0 Å². The summed E-state index contributed by atoms with van der Waals surface area (Å²) >= 11 is 0. The second-order valence-corrected chi connectivity index (χ2v) is 4.81. The molecule has 0 saturated carbocycles. The van der Waals surface area contributed by atoms with Gasteiger partial charge in [-0.1, -0.05) is 0 Å². The number of anilines is 2. The lowest BCUT2D eigenvalue weighted by Crippen LogP contribution is -2.37. The second kappa shape index (κ2) is 4.71. The number of alkyl halides is 3. The van der Waals surface area contributed by atoms with Crippen LogP contribution in [-0.4, -0.2) is 12.6 Å². The second-order valence-electron chi connectivity index (χ2n) is 4.81. The maximum atomic E-state index is 12.5. The molecule has 2 nitrogen and oxygen atoms in total. The largest absolute Gasteiger partial charge is 0.416 e. The average molecular weight is 258 g/mol. The smallest absolute Gasteiger partial charge is 0.397 e. The van der Waals surface area contributed by atoms with Crippen LogP contribution >= 0.6 is 0 Å². The molecule has 0 bridgehead atoms. The molecule has 1 heterocycles. The van der Waals surface area contributed by atoms with Crippen LogP contribution in [0.2, 0.25) is 0 Å². The zero-order chi connectivity index (χ0) is 13.3. The molecule has 1 unspecified atom stereocenters. The number of nitrogens with two attached hydrogens (primary N) is 1. The monoisotopic (exact) mass is 258 g/mol. The van der Waals surface area contributed by atoms with Crippen LogP contribution in [0.15, 0.2) is 18.2 Å². The van der Waals surface area contributed by atoms with Gasteiger partial charge in [0.15, 0.2) is 0 Å². The highest BCUT2D eigenvalue weighted by atomic mass is 19.4. The summed E-state index contributed by atoms with van der Waals surface area (Å²) < 4.78 is 37.6. The highest BCUT2D eigenvalue weighted by molar-refractivity contribution is 5.69. The maximum absolute atomic E-state index is 12.5. The van der Waals surface area contributed by atoms with Crippen LogP contribution in [-0.2, 0) is 6.18 Å². The van der Waals surface area contributed by atoms with E-state index in [1.54, 1.807) is 0 Å². The van der Waals surface area contributed by atoms with E-state index in [1.807, 2.05) is 0 Å². The number of hydrogen-bond donors (Lipinski definition) is 1. The first-order chi connectivity index (χ1) is 8.39. The molecule has 18 heavy (non-hydrogen) atoms. The quantitative estimate of drug-likeness (QED) is 0.779. The molecular formula is C13H17F3N2. The number of hydrogen-bond acceptors (Lipinski definition) is 2. The Kier molecular flexibility index (Phi) is 3.41. The summed E-state index contributed by atoms with van der Waals surface area (Å²) in [7, 11) is 0. The third-order valence-corrected chi connectivity index (χ3v) is 3.47. The highest BCUT2D eigenvalue weighted by Crippen LogP contribution is 2.35. The molecule has 1 aromatic carbocycles. The van der Waals surface area contributed by atoms with Gasteiger partial charge in [0.2, 0.25) is 0 Å². The van der Waals surface area contributed by atoms with Crippen LogP contribution in [0.4, 0.5) is 24.5 Å². The van der Waals surface area contributed by atoms with Gasteiger partial charge in [0.25, 0.3) is 0 Å². The molecule has 1 aliphatic heterocycles.